The minimum atomic E-state index is -2.22. The molecule has 192 valence electrons. The molecule has 0 bridgehead atoms. The molecule has 2 aromatic rings. The number of rotatable bonds is 11. The highest BCUT2D eigenvalue weighted by Gasteiger charge is 2.39. The number of ether oxygens (including phenoxy) is 2. The number of aliphatic hydroxyl groups excluding tert-OH is 2. The molecule has 9 heteroatoms. The number of carbonyl (C=O) groups excluding carboxylic acids is 2. The van der Waals surface area contributed by atoms with Gasteiger partial charge in [-0.05, 0) is 35.8 Å². The van der Waals surface area contributed by atoms with Gasteiger partial charge in [0, 0.05) is 0 Å². The van der Waals surface area contributed by atoms with Gasteiger partial charge < -0.3 is 29.4 Å². The lowest BCUT2D eigenvalue weighted by molar-refractivity contribution is -0.0473. The largest absolute Gasteiger partial charge is 0.459 e. The first-order valence-corrected chi connectivity index (χ1v) is 14.5. The summed E-state index contributed by atoms with van der Waals surface area (Å²) in [6.07, 6.45) is -3.68. The predicted octanol–water partition coefficient (Wildman–Crippen LogP) is 3.88. The van der Waals surface area contributed by atoms with Gasteiger partial charge >= 0.3 is 12.1 Å². The second-order valence-electron chi connectivity index (χ2n) is 9.91. The van der Waals surface area contributed by atoms with Crippen LogP contribution in [0.2, 0.25) is 18.1 Å². The fraction of sp³-hybridized carbons (Fsp3) is 0.462. The highest BCUT2D eigenvalue weighted by Crippen LogP contribution is 2.36. The van der Waals surface area contributed by atoms with E-state index in [1.165, 1.54) is 0 Å². The first kappa shape index (κ1) is 28.5. The first-order valence-electron chi connectivity index (χ1n) is 11.6. The summed E-state index contributed by atoms with van der Waals surface area (Å²) in [6, 6.07) is 16.5. The van der Waals surface area contributed by atoms with Gasteiger partial charge in [0.2, 0.25) is 0 Å². The molecule has 3 atom stereocenters. The molecule has 0 aliphatic rings. The molecule has 0 fully saturated rings. The smallest absolute Gasteiger partial charge is 0.407 e. The Morgan fingerprint density at radius 3 is 2.06 bits per heavy atom. The number of aliphatic hydroxyl groups is 2. The number of alkyl carbamates (subject to hydrolysis) is 1. The Morgan fingerprint density at radius 1 is 0.914 bits per heavy atom. The van der Waals surface area contributed by atoms with E-state index in [0.29, 0.717) is 5.56 Å². The van der Waals surface area contributed by atoms with Crippen molar-refractivity contribution in [2.75, 3.05) is 13.2 Å². The number of benzene rings is 2. The van der Waals surface area contributed by atoms with Gasteiger partial charge in [-0.1, -0.05) is 69.3 Å². The van der Waals surface area contributed by atoms with Crippen molar-refractivity contribution in [3.05, 3.63) is 71.8 Å². The van der Waals surface area contributed by atoms with Gasteiger partial charge in [-0.2, -0.15) is 0 Å². The molecule has 0 saturated carbocycles. The maximum atomic E-state index is 12.5. The molecule has 1 amide bonds. The predicted molar refractivity (Wildman–Crippen MR) is 135 cm³/mol. The summed E-state index contributed by atoms with van der Waals surface area (Å²) in [4.78, 5) is 24.7. The molecule has 8 nitrogen and oxygen atoms in total. The van der Waals surface area contributed by atoms with Gasteiger partial charge in [0.05, 0.1) is 18.2 Å². The number of hydrogen-bond acceptors (Lipinski definition) is 7. The molecule has 35 heavy (non-hydrogen) atoms. The van der Waals surface area contributed by atoms with E-state index >= 15 is 0 Å². The van der Waals surface area contributed by atoms with Crippen molar-refractivity contribution in [3.63, 3.8) is 0 Å². The fourth-order valence-corrected chi connectivity index (χ4v) is 3.87. The normalized spacial score (nSPS) is 14.5. The van der Waals surface area contributed by atoms with E-state index < -0.39 is 45.2 Å². The molecule has 3 N–H and O–H groups in total. The maximum absolute atomic E-state index is 12.5. The van der Waals surface area contributed by atoms with Crippen LogP contribution in [-0.2, 0) is 20.5 Å². The van der Waals surface area contributed by atoms with Crippen LogP contribution in [0.1, 0.15) is 36.7 Å². The zero-order chi connectivity index (χ0) is 26.1. The van der Waals surface area contributed by atoms with Crippen LogP contribution in [0.3, 0.4) is 0 Å². The Morgan fingerprint density at radius 2 is 1.49 bits per heavy atom. The lowest BCUT2D eigenvalue weighted by Crippen LogP contribution is -2.54. The van der Waals surface area contributed by atoms with Crippen molar-refractivity contribution in [3.8, 4) is 0 Å². The molecule has 0 aliphatic carbocycles. The van der Waals surface area contributed by atoms with E-state index in [-0.39, 0.29) is 18.3 Å². The summed E-state index contributed by atoms with van der Waals surface area (Å²) in [5.41, 5.74) is 1.14. The average molecular weight is 504 g/mol. The summed E-state index contributed by atoms with van der Waals surface area (Å²) < 4.78 is 16.6. The van der Waals surface area contributed by atoms with Crippen molar-refractivity contribution < 1.29 is 33.7 Å². The Bertz CT molecular complexity index is 932. The van der Waals surface area contributed by atoms with Gasteiger partial charge in [0.1, 0.15) is 25.4 Å². The molecule has 0 unspecified atom stereocenters. The lowest BCUT2D eigenvalue weighted by Gasteiger charge is -2.38. The molecule has 2 rings (SSSR count). The van der Waals surface area contributed by atoms with Crippen LogP contribution in [0, 0.1) is 0 Å². The molecule has 0 radical (unpaired) electrons. The minimum absolute atomic E-state index is 0.0399. The number of nitrogens with one attached hydrogen (secondary N) is 1. The number of amides is 1. The van der Waals surface area contributed by atoms with Crippen molar-refractivity contribution >= 4 is 20.4 Å². The number of carbonyl (C=O) groups is 2. The third-order valence-corrected chi connectivity index (χ3v) is 10.6. The summed E-state index contributed by atoms with van der Waals surface area (Å²) in [5.74, 6) is -0.624. The van der Waals surface area contributed by atoms with E-state index in [4.69, 9.17) is 13.9 Å². The second-order valence-corrected chi connectivity index (χ2v) is 14.7. The van der Waals surface area contributed by atoms with Gasteiger partial charge in [-0.25, -0.2) is 9.59 Å². The SMILES string of the molecule is CC(C)(C)[Si](C)(C)OC[C@@H](NC(=O)OCc1ccccc1)[C@H](O)[C@@H](O)COC(=O)c1ccccc1. The van der Waals surface area contributed by atoms with Crippen LogP contribution in [-0.4, -0.2) is 62.1 Å². The molecule has 0 aliphatic heterocycles. The maximum Gasteiger partial charge on any atom is 0.407 e. The third-order valence-electron chi connectivity index (χ3n) is 6.15. The van der Waals surface area contributed by atoms with Crippen molar-refractivity contribution in [1.82, 2.24) is 5.32 Å². The number of hydrogen-bond donors (Lipinski definition) is 3. The van der Waals surface area contributed by atoms with Crippen LogP contribution in [0.4, 0.5) is 4.79 Å². The Kier molecular flexibility index (Phi) is 10.5. The molecular formula is C26H37NO7Si. The van der Waals surface area contributed by atoms with E-state index in [1.54, 1.807) is 30.3 Å². The summed E-state index contributed by atoms with van der Waals surface area (Å²) in [5, 5.41) is 23.8. The first-order chi connectivity index (χ1) is 16.4. The third kappa shape index (κ3) is 9.10. The zero-order valence-electron chi connectivity index (χ0n) is 21.1. The van der Waals surface area contributed by atoms with Gasteiger partial charge in [0.25, 0.3) is 0 Å². The van der Waals surface area contributed by atoms with E-state index in [2.05, 4.69) is 26.1 Å². The van der Waals surface area contributed by atoms with Crippen molar-refractivity contribution in [1.29, 1.82) is 0 Å². The van der Waals surface area contributed by atoms with Gasteiger partial charge in [-0.15, -0.1) is 0 Å². The monoisotopic (exact) mass is 503 g/mol. The Labute approximate surface area is 208 Å². The van der Waals surface area contributed by atoms with Crippen LogP contribution in [0.15, 0.2) is 60.7 Å². The molecule has 0 aromatic heterocycles. The summed E-state index contributed by atoms with van der Waals surface area (Å²) >= 11 is 0. The highest BCUT2D eigenvalue weighted by atomic mass is 28.4. The average Bonchev–Trinajstić information content (AvgIpc) is 2.83. The topological polar surface area (TPSA) is 114 Å². The zero-order valence-corrected chi connectivity index (χ0v) is 22.1. The Hall–Kier alpha value is -2.72. The fourth-order valence-electron chi connectivity index (χ4n) is 2.84. The van der Waals surface area contributed by atoms with E-state index in [9.17, 15) is 19.8 Å². The van der Waals surface area contributed by atoms with E-state index in [0.717, 1.165) is 5.56 Å². The molecule has 0 heterocycles. The van der Waals surface area contributed by atoms with Crippen LogP contribution in [0.5, 0.6) is 0 Å². The van der Waals surface area contributed by atoms with E-state index in [1.807, 2.05) is 43.4 Å². The van der Waals surface area contributed by atoms with Crippen molar-refractivity contribution in [2.45, 2.75) is 63.8 Å². The van der Waals surface area contributed by atoms with Crippen LogP contribution in [0.25, 0.3) is 0 Å². The van der Waals surface area contributed by atoms with Crippen LogP contribution >= 0.6 is 0 Å². The standard InChI is InChI=1S/C26H37NO7Si/c1-26(2,3)35(4,5)34-17-21(27-25(31)33-16-19-12-8-6-9-13-19)23(29)22(28)18-32-24(30)20-14-10-7-11-15-20/h6-15,21-23,28-29H,16-18H2,1-5H3,(H,27,31)/t21-,22+,23+/m1/s1. The quantitative estimate of drug-likeness (QED) is 0.315. The van der Waals surface area contributed by atoms with Crippen LogP contribution < -0.4 is 5.32 Å². The lowest BCUT2D eigenvalue weighted by atomic mass is 10.1. The molecule has 2 aromatic carbocycles. The molecular weight excluding hydrogens is 466 g/mol. The Balaban J connectivity index is 2.02. The summed E-state index contributed by atoms with van der Waals surface area (Å²) in [6.45, 7) is 9.87. The second kappa shape index (κ2) is 12.8. The summed E-state index contributed by atoms with van der Waals surface area (Å²) in [7, 11) is -2.22. The highest BCUT2D eigenvalue weighted by molar-refractivity contribution is 6.74. The van der Waals surface area contributed by atoms with Crippen molar-refractivity contribution in [2.24, 2.45) is 0 Å². The molecule has 0 saturated heterocycles. The van der Waals surface area contributed by atoms with Gasteiger partial charge in [0.15, 0.2) is 8.32 Å². The van der Waals surface area contributed by atoms with Gasteiger partial charge in [-0.3, -0.25) is 0 Å². The number of esters is 1. The minimum Gasteiger partial charge on any atom is -0.459 e. The molecule has 0 spiro atoms.